The highest BCUT2D eigenvalue weighted by molar-refractivity contribution is 5.83. The maximum absolute atomic E-state index is 11.4. The predicted molar refractivity (Wildman–Crippen MR) is 71.5 cm³/mol. The number of carbonyl (C=O) groups excluding carboxylic acids is 1. The van der Waals surface area contributed by atoms with Crippen LogP contribution in [0.1, 0.15) is 46.5 Å². The van der Waals surface area contributed by atoms with E-state index in [-0.39, 0.29) is 5.91 Å². The minimum Gasteiger partial charge on any atom is -0.480 e. The third-order valence-electron chi connectivity index (χ3n) is 2.90. The molecule has 1 amide bonds. The lowest BCUT2D eigenvalue weighted by Crippen LogP contribution is -2.38. The van der Waals surface area contributed by atoms with Crippen LogP contribution in [0.3, 0.4) is 0 Å². The van der Waals surface area contributed by atoms with Crippen LogP contribution < -0.4 is 5.32 Å². The summed E-state index contributed by atoms with van der Waals surface area (Å²) in [6.07, 6.45) is 3.51. The monoisotopic (exact) mass is 258 g/mol. The highest BCUT2D eigenvalue weighted by Gasteiger charge is 2.13. The summed E-state index contributed by atoms with van der Waals surface area (Å²) >= 11 is 0. The molecule has 5 heteroatoms. The molecule has 0 aliphatic rings. The van der Waals surface area contributed by atoms with Crippen LogP contribution in [0.15, 0.2) is 0 Å². The number of hydrogen-bond acceptors (Lipinski definition) is 3. The molecule has 18 heavy (non-hydrogen) atoms. The number of unbranched alkanes of at least 4 members (excludes halogenated alkanes) is 1. The zero-order valence-electron chi connectivity index (χ0n) is 11.7. The van der Waals surface area contributed by atoms with Crippen molar-refractivity contribution in [2.75, 3.05) is 19.6 Å². The molecule has 0 fully saturated rings. The molecule has 2 N–H and O–H groups in total. The average molecular weight is 258 g/mol. The van der Waals surface area contributed by atoms with Gasteiger partial charge < -0.3 is 15.3 Å². The van der Waals surface area contributed by atoms with E-state index in [2.05, 4.69) is 24.1 Å². The van der Waals surface area contributed by atoms with Crippen molar-refractivity contribution in [1.82, 2.24) is 10.2 Å². The van der Waals surface area contributed by atoms with E-state index in [1.54, 1.807) is 0 Å². The number of amides is 1. The molecule has 0 aromatic heterocycles. The number of nitrogens with one attached hydrogen (secondary N) is 1. The Morgan fingerprint density at radius 2 is 1.83 bits per heavy atom. The molecule has 0 bridgehead atoms. The lowest BCUT2D eigenvalue weighted by atomic mass is 10.2. The Morgan fingerprint density at radius 1 is 1.22 bits per heavy atom. The average Bonchev–Trinajstić information content (AvgIpc) is 2.33. The van der Waals surface area contributed by atoms with Crippen LogP contribution in [-0.4, -0.2) is 47.6 Å². The molecule has 0 spiro atoms. The maximum atomic E-state index is 11.4. The van der Waals surface area contributed by atoms with E-state index in [4.69, 9.17) is 5.11 Å². The van der Waals surface area contributed by atoms with Crippen molar-refractivity contribution in [3.05, 3.63) is 0 Å². The zero-order valence-corrected chi connectivity index (χ0v) is 11.7. The summed E-state index contributed by atoms with van der Waals surface area (Å²) in [7, 11) is 0. The largest absolute Gasteiger partial charge is 0.480 e. The van der Waals surface area contributed by atoms with Gasteiger partial charge in [0.1, 0.15) is 6.04 Å². The molecule has 0 aromatic carbocycles. The Balaban J connectivity index is 3.74. The van der Waals surface area contributed by atoms with Crippen molar-refractivity contribution < 1.29 is 14.7 Å². The third kappa shape index (κ3) is 8.06. The fourth-order valence-corrected chi connectivity index (χ4v) is 1.65. The first-order chi connectivity index (χ1) is 8.51. The molecule has 0 aliphatic carbocycles. The minimum absolute atomic E-state index is 0.184. The molecule has 0 aliphatic heterocycles. The molecule has 0 heterocycles. The smallest absolute Gasteiger partial charge is 0.325 e. The molecule has 106 valence electrons. The van der Waals surface area contributed by atoms with Gasteiger partial charge in [-0.2, -0.15) is 0 Å². The number of rotatable bonds is 10. The van der Waals surface area contributed by atoms with Crippen molar-refractivity contribution in [3.63, 3.8) is 0 Å². The number of carboxylic acid groups (broad SMARTS) is 1. The first-order valence-corrected chi connectivity index (χ1v) is 6.75. The highest BCUT2D eigenvalue weighted by atomic mass is 16.4. The van der Waals surface area contributed by atoms with E-state index in [1.807, 2.05) is 0 Å². The van der Waals surface area contributed by atoms with Crippen LogP contribution in [0.25, 0.3) is 0 Å². The van der Waals surface area contributed by atoms with Crippen LogP contribution in [0.4, 0.5) is 0 Å². The first-order valence-electron chi connectivity index (χ1n) is 6.75. The molecule has 0 saturated heterocycles. The summed E-state index contributed by atoms with van der Waals surface area (Å²) in [5, 5.41) is 11.1. The molecular weight excluding hydrogens is 232 g/mol. The third-order valence-corrected chi connectivity index (χ3v) is 2.90. The van der Waals surface area contributed by atoms with Crippen molar-refractivity contribution in [3.8, 4) is 0 Å². The van der Waals surface area contributed by atoms with Crippen LogP contribution in [0.2, 0.25) is 0 Å². The second kappa shape index (κ2) is 9.88. The van der Waals surface area contributed by atoms with Gasteiger partial charge in [0, 0.05) is 6.42 Å². The van der Waals surface area contributed by atoms with Gasteiger partial charge >= 0.3 is 5.97 Å². The number of aliphatic carboxylic acids is 1. The van der Waals surface area contributed by atoms with Gasteiger partial charge in [-0.05, 0) is 39.4 Å². The maximum Gasteiger partial charge on any atom is 0.325 e. The van der Waals surface area contributed by atoms with E-state index in [0.717, 1.165) is 26.1 Å². The molecule has 0 rings (SSSR count). The van der Waals surface area contributed by atoms with Crippen LogP contribution >= 0.6 is 0 Å². The van der Waals surface area contributed by atoms with E-state index in [9.17, 15) is 9.59 Å². The zero-order chi connectivity index (χ0) is 14.0. The lowest BCUT2D eigenvalue weighted by molar-refractivity contribution is -0.141. The Labute approximate surface area is 110 Å². The standard InChI is InChI=1S/C13H26N2O3/c1-4-6-9-15(5-2)10-7-8-12(16)14-11(3)13(17)18/h11H,4-10H2,1-3H3,(H,14,16)(H,17,18). The van der Waals surface area contributed by atoms with E-state index < -0.39 is 12.0 Å². The summed E-state index contributed by atoms with van der Waals surface area (Å²) in [5.41, 5.74) is 0. The fraction of sp³-hybridized carbons (Fsp3) is 0.846. The van der Waals surface area contributed by atoms with E-state index >= 15 is 0 Å². The minimum atomic E-state index is -0.999. The molecule has 0 radical (unpaired) electrons. The highest BCUT2D eigenvalue weighted by Crippen LogP contribution is 1.99. The summed E-state index contributed by atoms with van der Waals surface area (Å²) in [6, 6.07) is -0.806. The summed E-state index contributed by atoms with van der Waals surface area (Å²) in [4.78, 5) is 24.3. The van der Waals surface area contributed by atoms with Gasteiger partial charge in [0.15, 0.2) is 0 Å². The summed E-state index contributed by atoms with van der Waals surface area (Å²) in [6.45, 7) is 8.70. The molecule has 1 atom stereocenters. The molecule has 0 saturated carbocycles. The van der Waals surface area contributed by atoms with E-state index in [0.29, 0.717) is 6.42 Å². The molecule has 1 unspecified atom stereocenters. The SMILES string of the molecule is CCCCN(CC)CCCC(=O)NC(C)C(=O)O. The Kier molecular flexibility index (Phi) is 9.28. The van der Waals surface area contributed by atoms with Crippen molar-refractivity contribution in [1.29, 1.82) is 0 Å². The number of carbonyl (C=O) groups is 2. The topological polar surface area (TPSA) is 69.6 Å². The van der Waals surface area contributed by atoms with E-state index in [1.165, 1.54) is 19.8 Å². The van der Waals surface area contributed by atoms with Crippen molar-refractivity contribution in [2.45, 2.75) is 52.5 Å². The van der Waals surface area contributed by atoms with Gasteiger partial charge in [-0.25, -0.2) is 0 Å². The van der Waals surface area contributed by atoms with Gasteiger partial charge in [-0.1, -0.05) is 20.3 Å². The number of nitrogens with zero attached hydrogens (tertiary/aromatic N) is 1. The summed E-state index contributed by atoms with van der Waals surface area (Å²) in [5.74, 6) is -1.18. The van der Waals surface area contributed by atoms with Crippen molar-refractivity contribution >= 4 is 11.9 Å². The Morgan fingerprint density at radius 3 is 2.33 bits per heavy atom. The number of carboxylic acids is 1. The second-order valence-corrected chi connectivity index (χ2v) is 4.52. The molecule has 5 nitrogen and oxygen atoms in total. The normalized spacial score (nSPS) is 12.4. The summed E-state index contributed by atoms with van der Waals surface area (Å²) < 4.78 is 0. The lowest BCUT2D eigenvalue weighted by Gasteiger charge is -2.19. The first kappa shape index (κ1) is 16.9. The van der Waals surface area contributed by atoms with Crippen LogP contribution in [-0.2, 0) is 9.59 Å². The Bertz CT molecular complexity index is 257. The van der Waals surface area contributed by atoms with Crippen molar-refractivity contribution in [2.24, 2.45) is 0 Å². The van der Waals surface area contributed by atoms with Gasteiger partial charge in [-0.15, -0.1) is 0 Å². The van der Waals surface area contributed by atoms with Gasteiger partial charge in [-0.3, -0.25) is 9.59 Å². The molecule has 0 aromatic rings. The van der Waals surface area contributed by atoms with Gasteiger partial charge in [0.05, 0.1) is 0 Å². The number of hydrogen-bond donors (Lipinski definition) is 2. The quantitative estimate of drug-likeness (QED) is 0.622. The predicted octanol–water partition coefficient (Wildman–Crippen LogP) is 1.48. The fourth-order valence-electron chi connectivity index (χ4n) is 1.65. The van der Waals surface area contributed by atoms with Gasteiger partial charge in [0.2, 0.25) is 5.91 Å². The molecular formula is C13H26N2O3. The van der Waals surface area contributed by atoms with Gasteiger partial charge in [0.25, 0.3) is 0 Å². The second-order valence-electron chi connectivity index (χ2n) is 4.52. The Hall–Kier alpha value is -1.10. The van der Waals surface area contributed by atoms with Crippen LogP contribution in [0.5, 0.6) is 0 Å². The van der Waals surface area contributed by atoms with Crippen LogP contribution in [0, 0.1) is 0 Å².